The van der Waals surface area contributed by atoms with Crippen LogP contribution in [0.2, 0.25) is 0 Å². The first-order valence-corrected chi connectivity index (χ1v) is 5.87. The van der Waals surface area contributed by atoms with E-state index in [1.807, 2.05) is 37.3 Å². The second-order valence-electron chi connectivity index (χ2n) is 4.06. The van der Waals surface area contributed by atoms with Crippen molar-refractivity contribution in [3.05, 3.63) is 30.3 Å². The van der Waals surface area contributed by atoms with E-state index >= 15 is 0 Å². The van der Waals surface area contributed by atoms with Crippen molar-refractivity contribution in [2.45, 2.75) is 13.3 Å². The second kappa shape index (κ2) is 7.68. The van der Waals surface area contributed by atoms with Crippen molar-refractivity contribution in [3.8, 4) is 5.75 Å². The molecule has 0 heterocycles. The molecule has 1 rings (SSSR count). The first kappa shape index (κ1) is 13.5. The summed E-state index contributed by atoms with van der Waals surface area (Å²) in [5, 5.41) is 2.82. The van der Waals surface area contributed by atoms with Gasteiger partial charge >= 0.3 is 0 Å². The third kappa shape index (κ3) is 5.92. The Hall–Kier alpha value is -1.55. The Balaban J connectivity index is 2.12. The maximum absolute atomic E-state index is 11.4. The molecule has 0 aromatic heterocycles. The Morgan fingerprint density at radius 3 is 2.76 bits per heavy atom. The van der Waals surface area contributed by atoms with E-state index in [0.717, 1.165) is 5.75 Å². The number of hydrogen-bond acceptors (Lipinski definition) is 3. The predicted octanol–water partition coefficient (Wildman–Crippen LogP) is 1.17. The molecular formula is C13H20N2O2. The van der Waals surface area contributed by atoms with E-state index in [1.165, 1.54) is 0 Å². The summed E-state index contributed by atoms with van der Waals surface area (Å²) < 4.78 is 5.42. The summed E-state index contributed by atoms with van der Waals surface area (Å²) in [5.74, 6) is 1.10. The lowest BCUT2D eigenvalue weighted by molar-refractivity contribution is -0.121. The van der Waals surface area contributed by atoms with Gasteiger partial charge in [-0.25, -0.2) is 0 Å². The molecule has 94 valence electrons. The van der Waals surface area contributed by atoms with Crippen molar-refractivity contribution < 1.29 is 9.53 Å². The van der Waals surface area contributed by atoms with Gasteiger partial charge in [0.1, 0.15) is 5.75 Å². The minimum Gasteiger partial charge on any atom is -0.493 e. The van der Waals surface area contributed by atoms with Gasteiger partial charge in [-0.1, -0.05) is 25.1 Å². The molecule has 1 aromatic carbocycles. The van der Waals surface area contributed by atoms with Gasteiger partial charge < -0.3 is 15.8 Å². The van der Waals surface area contributed by atoms with E-state index in [1.54, 1.807) is 0 Å². The Labute approximate surface area is 102 Å². The quantitative estimate of drug-likeness (QED) is 0.747. The van der Waals surface area contributed by atoms with Gasteiger partial charge in [0, 0.05) is 6.54 Å². The van der Waals surface area contributed by atoms with Crippen LogP contribution < -0.4 is 15.8 Å². The van der Waals surface area contributed by atoms with Crippen molar-refractivity contribution in [1.82, 2.24) is 5.32 Å². The summed E-state index contributed by atoms with van der Waals surface area (Å²) in [6.45, 7) is 3.61. The van der Waals surface area contributed by atoms with Crippen molar-refractivity contribution in [2.75, 3.05) is 19.7 Å². The van der Waals surface area contributed by atoms with Gasteiger partial charge in [0.05, 0.1) is 13.0 Å². The molecule has 1 atom stereocenters. The van der Waals surface area contributed by atoms with Gasteiger partial charge in [-0.05, 0) is 24.6 Å². The van der Waals surface area contributed by atoms with Crippen LogP contribution in [-0.2, 0) is 4.79 Å². The highest BCUT2D eigenvalue weighted by molar-refractivity contribution is 5.75. The van der Waals surface area contributed by atoms with Gasteiger partial charge in [-0.2, -0.15) is 0 Å². The third-order valence-electron chi connectivity index (χ3n) is 2.39. The van der Waals surface area contributed by atoms with Crippen LogP contribution in [0.25, 0.3) is 0 Å². The van der Waals surface area contributed by atoms with E-state index in [4.69, 9.17) is 10.5 Å². The topological polar surface area (TPSA) is 64.3 Å². The number of ether oxygens (including phenoxy) is 1. The molecule has 1 unspecified atom stereocenters. The van der Waals surface area contributed by atoms with E-state index in [0.29, 0.717) is 32.0 Å². The molecule has 4 nitrogen and oxygen atoms in total. The number of hydrogen-bond donors (Lipinski definition) is 2. The lowest BCUT2D eigenvalue weighted by Gasteiger charge is -2.10. The van der Waals surface area contributed by atoms with Crippen molar-refractivity contribution in [1.29, 1.82) is 0 Å². The van der Waals surface area contributed by atoms with Crippen LogP contribution in [-0.4, -0.2) is 25.6 Å². The summed E-state index contributed by atoms with van der Waals surface area (Å²) in [4.78, 5) is 11.4. The van der Waals surface area contributed by atoms with Crippen molar-refractivity contribution in [3.63, 3.8) is 0 Å². The number of carbonyl (C=O) groups excluding carboxylic acids is 1. The zero-order chi connectivity index (χ0) is 12.5. The van der Waals surface area contributed by atoms with E-state index < -0.39 is 0 Å². The first-order chi connectivity index (χ1) is 8.22. The Bertz CT molecular complexity index is 327. The minimum absolute atomic E-state index is 0.00114. The molecule has 0 fully saturated rings. The first-order valence-electron chi connectivity index (χ1n) is 5.87. The number of amides is 1. The molecule has 1 aromatic rings. The predicted molar refractivity (Wildman–Crippen MR) is 67.8 cm³/mol. The zero-order valence-electron chi connectivity index (χ0n) is 10.2. The average Bonchev–Trinajstić information content (AvgIpc) is 2.37. The lowest BCUT2D eigenvalue weighted by atomic mass is 10.2. The van der Waals surface area contributed by atoms with E-state index in [9.17, 15) is 4.79 Å². The monoisotopic (exact) mass is 236 g/mol. The molecule has 0 aliphatic rings. The fraction of sp³-hybridized carbons (Fsp3) is 0.462. The lowest BCUT2D eigenvalue weighted by Crippen LogP contribution is -2.31. The largest absolute Gasteiger partial charge is 0.493 e. The fourth-order valence-electron chi connectivity index (χ4n) is 1.24. The maximum Gasteiger partial charge on any atom is 0.223 e. The Kier molecular flexibility index (Phi) is 6.10. The molecule has 0 aliphatic carbocycles. The highest BCUT2D eigenvalue weighted by atomic mass is 16.5. The molecule has 1 amide bonds. The number of nitrogens with one attached hydrogen (secondary N) is 1. The highest BCUT2D eigenvalue weighted by Gasteiger charge is 2.04. The minimum atomic E-state index is 0.00114. The molecule has 4 heteroatoms. The van der Waals surface area contributed by atoms with Crippen LogP contribution in [0.1, 0.15) is 13.3 Å². The number of nitrogens with two attached hydrogens (primary N) is 1. The molecule has 0 radical (unpaired) electrons. The Morgan fingerprint density at radius 2 is 2.12 bits per heavy atom. The van der Waals surface area contributed by atoms with Crippen LogP contribution in [0.15, 0.2) is 30.3 Å². The van der Waals surface area contributed by atoms with Crippen LogP contribution in [0.5, 0.6) is 5.75 Å². The highest BCUT2D eigenvalue weighted by Crippen LogP contribution is 2.08. The van der Waals surface area contributed by atoms with Crippen LogP contribution >= 0.6 is 0 Å². The Morgan fingerprint density at radius 1 is 1.41 bits per heavy atom. The van der Waals surface area contributed by atoms with Gasteiger partial charge in [0.2, 0.25) is 5.91 Å². The number of para-hydroxylation sites is 1. The number of rotatable bonds is 7. The normalized spacial score (nSPS) is 11.9. The molecule has 17 heavy (non-hydrogen) atoms. The summed E-state index contributed by atoms with van der Waals surface area (Å²) in [6, 6.07) is 9.47. The van der Waals surface area contributed by atoms with Gasteiger partial charge in [-0.3, -0.25) is 4.79 Å². The van der Waals surface area contributed by atoms with Crippen LogP contribution in [0.4, 0.5) is 0 Å². The molecule has 0 saturated heterocycles. The van der Waals surface area contributed by atoms with E-state index in [-0.39, 0.29) is 5.91 Å². The number of benzene rings is 1. The molecular weight excluding hydrogens is 216 g/mol. The van der Waals surface area contributed by atoms with Crippen molar-refractivity contribution in [2.24, 2.45) is 11.7 Å². The van der Waals surface area contributed by atoms with Crippen LogP contribution in [0.3, 0.4) is 0 Å². The fourth-order valence-corrected chi connectivity index (χ4v) is 1.24. The number of carbonyl (C=O) groups is 1. The molecule has 0 aliphatic heterocycles. The van der Waals surface area contributed by atoms with Gasteiger partial charge in [0.25, 0.3) is 0 Å². The smallest absolute Gasteiger partial charge is 0.223 e. The molecule has 0 bridgehead atoms. The van der Waals surface area contributed by atoms with Gasteiger partial charge in [0.15, 0.2) is 0 Å². The van der Waals surface area contributed by atoms with E-state index in [2.05, 4.69) is 5.32 Å². The molecule has 3 N–H and O–H groups in total. The summed E-state index contributed by atoms with van der Waals surface area (Å²) in [5.41, 5.74) is 5.46. The average molecular weight is 236 g/mol. The zero-order valence-corrected chi connectivity index (χ0v) is 10.2. The standard InChI is InChI=1S/C13H20N2O2/c1-11(9-14)10-15-13(16)7-8-17-12-5-3-2-4-6-12/h2-6,11H,7-10,14H2,1H3,(H,15,16). The van der Waals surface area contributed by atoms with Crippen molar-refractivity contribution >= 4 is 5.91 Å². The molecule has 0 spiro atoms. The summed E-state index contributed by atoms with van der Waals surface area (Å²) in [6.07, 6.45) is 0.367. The SMILES string of the molecule is CC(CN)CNC(=O)CCOc1ccccc1. The second-order valence-corrected chi connectivity index (χ2v) is 4.06. The maximum atomic E-state index is 11.4. The summed E-state index contributed by atoms with van der Waals surface area (Å²) in [7, 11) is 0. The van der Waals surface area contributed by atoms with Gasteiger partial charge in [-0.15, -0.1) is 0 Å². The van der Waals surface area contributed by atoms with Crippen LogP contribution in [0, 0.1) is 5.92 Å². The third-order valence-corrected chi connectivity index (χ3v) is 2.39. The molecule has 0 saturated carbocycles. The summed E-state index contributed by atoms with van der Waals surface area (Å²) >= 11 is 0.